The summed E-state index contributed by atoms with van der Waals surface area (Å²) in [6, 6.07) is 11.5. The quantitative estimate of drug-likeness (QED) is 0.844. The molecule has 0 saturated carbocycles. The molecule has 0 radical (unpaired) electrons. The lowest BCUT2D eigenvalue weighted by molar-refractivity contribution is -0.137. The number of alkyl halides is 3. The van der Waals surface area contributed by atoms with Crippen LogP contribution in [0.25, 0.3) is 0 Å². The molecule has 3 rings (SSSR count). The Bertz CT molecular complexity index is 772. The number of hydrogen-bond acceptors (Lipinski definition) is 4. The molecule has 0 spiro atoms. The Kier molecular flexibility index (Phi) is 6.18. The van der Waals surface area contributed by atoms with Crippen molar-refractivity contribution in [2.45, 2.75) is 25.6 Å². The van der Waals surface area contributed by atoms with Gasteiger partial charge in [-0.15, -0.1) is 0 Å². The number of rotatable bonds is 5. The van der Waals surface area contributed by atoms with Crippen LogP contribution in [0.1, 0.15) is 18.9 Å². The molecule has 1 atom stereocenters. The number of amides is 1. The molecule has 150 valence electrons. The van der Waals surface area contributed by atoms with Crippen molar-refractivity contribution in [3.63, 3.8) is 0 Å². The van der Waals surface area contributed by atoms with Gasteiger partial charge in [-0.1, -0.05) is 25.1 Å². The third kappa shape index (κ3) is 4.81. The van der Waals surface area contributed by atoms with Gasteiger partial charge in [-0.2, -0.15) is 13.2 Å². The number of piperazine rings is 1. The second kappa shape index (κ2) is 8.60. The van der Waals surface area contributed by atoms with Crippen LogP contribution in [0.5, 0.6) is 0 Å². The Morgan fingerprint density at radius 3 is 2.32 bits per heavy atom. The number of nitrogens with one attached hydrogen (secondary N) is 1. The largest absolute Gasteiger partial charge is 0.417 e. The summed E-state index contributed by atoms with van der Waals surface area (Å²) in [7, 11) is 0. The van der Waals surface area contributed by atoms with E-state index >= 15 is 0 Å². The molecule has 0 bridgehead atoms. The van der Waals surface area contributed by atoms with Crippen molar-refractivity contribution in [3.05, 3.63) is 54.2 Å². The summed E-state index contributed by atoms with van der Waals surface area (Å²) in [6.07, 6.45) is -2.84. The van der Waals surface area contributed by atoms with Crippen LogP contribution < -0.4 is 10.2 Å². The summed E-state index contributed by atoms with van der Waals surface area (Å²) in [4.78, 5) is 20.7. The first-order chi connectivity index (χ1) is 13.4. The van der Waals surface area contributed by atoms with Crippen LogP contribution in [0, 0.1) is 0 Å². The lowest BCUT2D eigenvalue weighted by Gasteiger charge is -2.38. The van der Waals surface area contributed by atoms with Crippen LogP contribution in [0.4, 0.5) is 24.7 Å². The van der Waals surface area contributed by atoms with Crippen molar-refractivity contribution in [1.82, 2.24) is 9.88 Å². The fourth-order valence-electron chi connectivity index (χ4n) is 3.36. The van der Waals surface area contributed by atoms with E-state index in [0.29, 0.717) is 38.4 Å². The average Bonchev–Trinajstić information content (AvgIpc) is 2.69. The maximum atomic E-state index is 12.7. The molecule has 28 heavy (non-hydrogen) atoms. The zero-order valence-electron chi connectivity index (χ0n) is 15.6. The zero-order valence-corrected chi connectivity index (χ0v) is 15.6. The summed E-state index contributed by atoms with van der Waals surface area (Å²) in [5.74, 6) is 0.476. The normalized spacial score (nSPS) is 16.6. The number of carbonyl (C=O) groups excluding carboxylic acids is 1. The maximum absolute atomic E-state index is 12.7. The number of nitrogens with zero attached hydrogens (tertiary/aromatic N) is 3. The van der Waals surface area contributed by atoms with Gasteiger partial charge >= 0.3 is 6.18 Å². The number of carbonyl (C=O) groups is 1. The monoisotopic (exact) mass is 392 g/mol. The van der Waals surface area contributed by atoms with Gasteiger partial charge in [0.15, 0.2) is 0 Å². The molecule has 1 aromatic carbocycles. The van der Waals surface area contributed by atoms with E-state index in [9.17, 15) is 18.0 Å². The minimum Gasteiger partial charge on any atom is -0.354 e. The van der Waals surface area contributed by atoms with Gasteiger partial charge in [0.05, 0.1) is 11.6 Å². The zero-order chi connectivity index (χ0) is 20.1. The topological polar surface area (TPSA) is 48.5 Å². The number of benzene rings is 1. The van der Waals surface area contributed by atoms with Crippen molar-refractivity contribution in [2.24, 2.45) is 0 Å². The van der Waals surface area contributed by atoms with Gasteiger partial charge in [0, 0.05) is 38.1 Å². The van der Waals surface area contributed by atoms with E-state index < -0.39 is 11.7 Å². The van der Waals surface area contributed by atoms with Gasteiger partial charge in [0.1, 0.15) is 5.82 Å². The number of aromatic nitrogens is 1. The number of halogens is 3. The summed E-state index contributed by atoms with van der Waals surface area (Å²) in [5, 5.41) is 2.94. The minimum absolute atomic E-state index is 0.0465. The first-order valence-corrected chi connectivity index (χ1v) is 9.26. The molecule has 5 nitrogen and oxygen atoms in total. The second-order valence-electron chi connectivity index (χ2n) is 6.71. The van der Waals surface area contributed by atoms with Gasteiger partial charge in [0.2, 0.25) is 5.91 Å². The first-order valence-electron chi connectivity index (χ1n) is 9.26. The van der Waals surface area contributed by atoms with E-state index in [4.69, 9.17) is 0 Å². The number of para-hydroxylation sites is 1. The molecular formula is C20H23F3N4O. The third-order valence-electron chi connectivity index (χ3n) is 4.88. The Balaban J connectivity index is 1.58. The standard InChI is InChI=1S/C20H23F3N4O/c1-2-17(19(28)25-16-6-4-3-5-7-16)26-10-12-27(13-11-26)18-9-8-15(14-24-18)20(21,22)23/h3-9,14,17H,2,10-13H2,1H3,(H,25,28)/t17-/m0/s1. The molecule has 0 aliphatic carbocycles. The number of pyridine rings is 1. The van der Waals surface area contributed by atoms with Gasteiger partial charge < -0.3 is 10.2 Å². The van der Waals surface area contributed by atoms with Crippen LogP contribution in [0.2, 0.25) is 0 Å². The van der Waals surface area contributed by atoms with E-state index in [1.807, 2.05) is 42.2 Å². The highest BCUT2D eigenvalue weighted by Crippen LogP contribution is 2.29. The Morgan fingerprint density at radius 1 is 1.11 bits per heavy atom. The molecule has 1 fully saturated rings. The van der Waals surface area contributed by atoms with Crippen LogP contribution >= 0.6 is 0 Å². The summed E-state index contributed by atoms with van der Waals surface area (Å²) < 4.78 is 38.0. The summed E-state index contributed by atoms with van der Waals surface area (Å²) in [6.45, 7) is 4.47. The smallest absolute Gasteiger partial charge is 0.354 e. The van der Waals surface area contributed by atoms with Crippen molar-refractivity contribution in [3.8, 4) is 0 Å². The lowest BCUT2D eigenvalue weighted by atomic mass is 10.1. The highest BCUT2D eigenvalue weighted by Gasteiger charge is 2.32. The van der Waals surface area contributed by atoms with Crippen molar-refractivity contribution in [1.29, 1.82) is 0 Å². The predicted molar refractivity (Wildman–Crippen MR) is 102 cm³/mol. The third-order valence-corrected chi connectivity index (χ3v) is 4.88. The van der Waals surface area contributed by atoms with Crippen LogP contribution in [-0.4, -0.2) is 48.0 Å². The highest BCUT2D eigenvalue weighted by molar-refractivity contribution is 5.94. The van der Waals surface area contributed by atoms with Gasteiger partial charge in [-0.25, -0.2) is 4.98 Å². The predicted octanol–water partition coefficient (Wildman–Crippen LogP) is 3.64. The first kappa shape index (κ1) is 20.1. The molecule has 1 N–H and O–H groups in total. The molecular weight excluding hydrogens is 369 g/mol. The van der Waals surface area contributed by atoms with Gasteiger partial charge in [0.25, 0.3) is 0 Å². The molecule has 0 unspecified atom stereocenters. The molecule has 1 aliphatic rings. The molecule has 1 aromatic heterocycles. The number of anilines is 2. The average molecular weight is 392 g/mol. The second-order valence-corrected chi connectivity index (χ2v) is 6.71. The fourth-order valence-corrected chi connectivity index (χ4v) is 3.36. The molecule has 1 aliphatic heterocycles. The van der Waals surface area contributed by atoms with Crippen molar-refractivity contribution >= 4 is 17.4 Å². The maximum Gasteiger partial charge on any atom is 0.417 e. The van der Waals surface area contributed by atoms with Crippen LogP contribution in [-0.2, 0) is 11.0 Å². The van der Waals surface area contributed by atoms with Crippen LogP contribution in [0.15, 0.2) is 48.7 Å². The SMILES string of the molecule is CC[C@@H](C(=O)Nc1ccccc1)N1CCN(c2ccc(C(F)(F)F)cn2)CC1. The van der Waals surface area contributed by atoms with Gasteiger partial charge in [-0.3, -0.25) is 9.69 Å². The lowest BCUT2D eigenvalue weighted by Crippen LogP contribution is -2.53. The van der Waals surface area contributed by atoms with E-state index in [1.54, 1.807) is 0 Å². The molecule has 8 heteroatoms. The number of hydrogen-bond donors (Lipinski definition) is 1. The van der Waals surface area contributed by atoms with Crippen molar-refractivity contribution < 1.29 is 18.0 Å². The van der Waals surface area contributed by atoms with E-state index in [0.717, 1.165) is 18.0 Å². The summed E-state index contributed by atoms with van der Waals surface area (Å²) >= 11 is 0. The van der Waals surface area contributed by atoms with Gasteiger partial charge in [-0.05, 0) is 30.7 Å². The van der Waals surface area contributed by atoms with E-state index in [1.165, 1.54) is 6.07 Å². The van der Waals surface area contributed by atoms with E-state index in [2.05, 4.69) is 15.2 Å². The molecule has 2 heterocycles. The van der Waals surface area contributed by atoms with Crippen molar-refractivity contribution in [2.75, 3.05) is 36.4 Å². The fraction of sp³-hybridized carbons (Fsp3) is 0.400. The van der Waals surface area contributed by atoms with E-state index in [-0.39, 0.29) is 11.9 Å². The minimum atomic E-state index is -4.38. The summed E-state index contributed by atoms with van der Waals surface area (Å²) in [5.41, 5.74) is 0.0112. The molecule has 1 saturated heterocycles. The molecule has 1 amide bonds. The Hall–Kier alpha value is -2.61. The van der Waals surface area contributed by atoms with Crippen LogP contribution in [0.3, 0.4) is 0 Å². The molecule has 2 aromatic rings. The Labute approximate surface area is 162 Å². The Morgan fingerprint density at radius 2 is 1.79 bits per heavy atom. The highest BCUT2D eigenvalue weighted by atomic mass is 19.4.